The summed E-state index contributed by atoms with van der Waals surface area (Å²) in [6.07, 6.45) is 1.45. The zero-order valence-corrected chi connectivity index (χ0v) is 59.4. The molecule has 107 heavy (non-hydrogen) atoms. The molecule has 9 atom stereocenters. The first-order chi connectivity index (χ1) is 51.4. The van der Waals surface area contributed by atoms with E-state index >= 15 is 0 Å². The Balaban J connectivity index is 0.858. The number of nitrogens with one attached hydrogen (secondary N) is 3. The van der Waals surface area contributed by atoms with Gasteiger partial charge in [-0.1, -0.05) is 122 Å². The summed E-state index contributed by atoms with van der Waals surface area (Å²) in [5.41, 5.74) is 9.58. The van der Waals surface area contributed by atoms with E-state index in [2.05, 4.69) is 30.8 Å². The second-order valence-corrected chi connectivity index (χ2v) is 27.9. The largest absolute Gasteiger partial charge is 0.481 e. The Morgan fingerprint density at radius 2 is 1.12 bits per heavy atom. The van der Waals surface area contributed by atoms with E-state index < -0.39 is 188 Å². The summed E-state index contributed by atoms with van der Waals surface area (Å²) in [6, 6.07) is 34.5. The van der Waals surface area contributed by atoms with Crippen molar-refractivity contribution in [1.82, 2.24) is 30.8 Å². The molecule has 3 aliphatic carbocycles. The number of allylic oxidation sites excluding steroid dienone is 2. The van der Waals surface area contributed by atoms with Gasteiger partial charge in [0.1, 0.15) is 18.5 Å². The average Bonchev–Trinajstić information content (AvgIpc) is 1.71. The van der Waals surface area contributed by atoms with Crippen molar-refractivity contribution in [3.63, 3.8) is 0 Å². The van der Waals surface area contributed by atoms with Gasteiger partial charge in [0.15, 0.2) is 17.3 Å². The van der Waals surface area contributed by atoms with E-state index in [0.29, 0.717) is 60.3 Å². The number of pyridine rings is 2. The number of amides is 3. The lowest BCUT2D eigenvalue weighted by molar-refractivity contribution is -0.148. The van der Waals surface area contributed by atoms with Crippen molar-refractivity contribution in [1.29, 1.82) is 0 Å². The van der Waals surface area contributed by atoms with Crippen molar-refractivity contribution in [3.05, 3.63) is 213 Å². The smallest absolute Gasteiger partial charge is 0.339 e. The molecular weight excluding hydrogens is 1370 g/mol. The average molecular weight is 1460 g/mol. The highest BCUT2D eigenvalue weighted by Gasteiger charge is 2.46. The third-order valence-electron chi connectivity index (χ3n) is 20.2. The number of carbonyl (C=O) groups excluding carboxylic acids is 9. The second-order valence-electron chi connectivity index (χ2n) is 27.9. The summed E-state index contributed by atoms with van der Waals surface area (Å²) < 4.78 is 12.3. The van der Waals surface area contributed by atoms with Crippen molar-refractivity contribution in [2.75, 3.05) is 13.2 Å². The molecule has 0 radical (unpaired) electrons. The van der Waals surface area contributed by atoms with Gasteiger partial charge in [0.25, 0.3) is 0 Å². The summed E-state index contributed by atoms with van der Waals surface area (Å²) in [4.78, 5) is 185. The summed E-state index contributed by atoms with van der Waals surface area (Å²) in [5.74, 6) is -17.2. The summed E-state index contributed by atoms with van der Waals surface area (Å²) in [6.45, 7) is 4.25. The highest BCUT2D eigenvalue weighted by molar-refractivity contribution is 5.98. The number of esters is 2. The number of hydrogen-bond acceptors (Lipinski definition) is 18. The third-order valence-corrected chi connectivity index (χ3v) is 20.2. The number of hydrogen-bond donors (Lipinski definition) is 7. The van der Waals surface area contributed by atoms with Gasteiger partial charge in [0, 0.05) is 87.2 Å². The van der Waals surface area contributed by atoms with Crippen molar-refractivity contribution in [2.45, 2.75) is 159 Å². The zero-order valence-electron chi connectivity index (χ0n) is 59.4. The predicted octanol–water partition coefficient (Wildman–Crippen LogP) is 8.82. The van der Waals surface area contributed by atoms with E-state index in [-0.39, 0.29) is 43.8 Å². The van der Waals surface area contributed by atoms with Gasteiger partial charge in [-0.3, -0.25) is 67.6 Å². The van der Waals surface area contributed by atoms with Gasteiger partial charge < -0.3 is 50.6 Å². The van der Waals surface area contributed by atoms with Crippen LogP contribution in [0.2, 0.25) is 0 Å². The molecule has 4 aliphatic rings. The molecular formula is C82H86N6O19. The van der Waals surface area contributed by atoms with Gasteiger partial charge in [0.05, 0.1) is 66.7 Å². The number of carboxylic acids is 4. The molecule has 3 amide bonds. The minimum Gasteiger partial charge on any atom is -0.481 e. The van der Waals surface area contributed by atoms with Crippen LogP contribution in [0, 0.1) is 23.7 Å². The van der Waals surface area contributed by atoms with E-state index in [0.717, 1.165) is 46.1 Å². The van der Waals surface area contributed by atoms with Crippen LogP contribution in [0.3, 0.4) is 0 Å². The van der Waals surface area contributed by atoms with Crippen LogP contribution in [0.1, 0.15) is 164 Å². The normalized spacial score (nSPS) is 16.9. The number of ketones is 4. The van der Waals surface area contributed by atoms with Crippen LogP contribution >= 0.6 is 0 Å². The lowest BCUT2D eigenvalue weighted by Crippen LogP contribution is -2.48. The lowest BCUT2D eigenvalue weighted by Gasteiger charge is -2.40. The molecule has 1 aliphatic heterocycles. The number of nitrogens with zero attached hydrogens (tertiary/aromatic N) is 3. The van der Waals surface area contributed by atoms with Gasteiger partial charge in [-0.15, -0.1) is 0 Å². The number of aromatic nitrogens is 2. The molecule has 558 valence electrons. The van der Waals surface area contributed by atoms with Crippen LogP contribution in [0.25, 0.3) is 11.1 Å². The Bertz CT molecular complexity index is 4340. The SMILES string of the molecule is CC[C@H](CC(=O)[C@H](CCC(=O)O)NC(=O)[C@@H](CC(C)=O)CC(=O)O)C(=O)N[C@@H](CC(=O)O)C(=O)Cc1ccc2c(c1)CC1=CC(CC(=O)[C@H](CC(=O)O)NC(=O)[C@H](CCCCN(Cc3ccccn3)Cc3ccccn3)CC(=O)OCC3c4ccccc4-c4ccccc43)=CC3OC(=O)c4ccccc4C2C13. The molecule has 0 saturated carbocycles. The molecule has 3 heterocycles. The summed E-state index contributed by atoms with van der Waals surface area (Å²) in [5, 5.41) is 46.9. The molecule has 4 aromatic carbocycles. The van der Waals surface area contributed by atoms with Gasteiger partial charge in [-0.05, 0) is 132 Å². The molecule has 3 unspecified atom stereocenters. The number of Topliss-reactive ketones (excluding diaryl/α,β-unsaturated/α-hetero) is 4. The van der Waals surface area contributed by atoms with Gasteiger partial charge in [-0.2, -0.15) is 0 Å². The number of aliphatic carboxylic acids is 4. The van der Waals surface area contributed by atoms with Crippen LogP contribution < -0.4 is 16.0 Å². The Kier molecular flexibility index (Phi) is 26.6. The fraction of sp³-hybridized carbons (Fsp3) is 0.378. The summed E-state index contributed by atoms with van der Waals surface area (Å²) >= 11 is 0. The fourth-order valence-electron chi connectivity index (χ4n) is 15.0. The third kappa shape index (κ3) is 20.7. The van der Waals surface area contributed by atoms with Crippen molar-refractivity contribution >= 4 is 76.7 Å². The molecule has 25 heteroatoms. The highest BCUT2D eigenvalue weighted by Crippen LogP contribution is 2.51. The van der Waals surface area contributed by atoms with Crippen LogP contribution in [0.15, 0.2) is 163 Å². The minimum atomic E-state index is -1.63. The van der Waals surface area contributed by atoms with Gasteiger partial charge >= 0.3 is 35.8 Å². The quantitative estimate of drug-likeness (QED) is 0.0139. The molecule has 0 spiro atoms. The van der Waals surface area contributed by atoms with E-state index in [1.54, 1.807) is 67.9 Å². The fourth-order valence-corrected chi connectivity index (χ4v) is 15.0. The molecule has 7 N–H and O–H groups in total. The molecule has 0 saturated heterocycles. The second kappa shape index (κ2) is 36.5. The maximum Gasteiger partial charge on any atom is 0.339 e. The number of fused-ring (bicyclic) bond motifs is 7. The number of carboxylic acid groups (broad SMARTS) is 4. The lowest BCUT2D eigenvalue weighted by atomic mass is 9.64. The molecule has 6 aromatic rings. The molecule has 0 fully saturated rings. The molecule has 2 aromatic heterocycles. The monoisotopic (exact) mass is 1460 g/mol. The van der Waals surface area contributed by atoms with Crippen molar-refractivity contribution in [3.8, 4) is 11.1 Å². The predicted molar refractivity (Wildman–Crippen MR) is 386 cm³/mol. The number of carbonyl (C=O) groups is 13. The zero-order chi connectivity index (χ0) is 76.4. The standard InChI is InChI=1S/C82H86N6O19/c1-3-50(39-70(92)65(27-28-72(93)94)85-81(104)54(32-47(2)89)40-73(95)96)79(102)86-66(42-74(97)98)68(90)35-48-25-26-57-52(33-48)38-53-34-49(37-71-77(53)78(57)62-23-8-9-24-63(62)82(105)107-71)36-69(91)67(43-75(99)100)87-80(103)51(16-12-15-31-88(44-55-17-10-13-29-83-55)45-56-18-11-14-30-84-56)41-76(101)106-46-64-60-21-6-4-19-58(60)59-20-5-7-22-61(59)64/h4-11,13-14,17-26,29-30,33-34,37,50-51,54,64-67,71,77-78H,3,12,15-16,27-28,31-32,35-36,38-46H2,1-2H3,(H,85,104)(H,86,102)(H,87,103)(H,93,94)(H,95,96)(H,97,98)(H,99,100)/t50-,51-,54+,65+,66+,67+,71?,77?,78?/m1/s1. The Morgan fingerprint density at radius 3 is 1.70 bits per heavy atom. The van der Waals surface area contributed by atoms with E-state index in [9.17, 15) is 82.8 Å². The van der Waals surface area contributed by atoms with E-state index in [1.807, 2.05) is 91.0 Å². The maximum atomic E-state index is 14.8. The molecule has 10 rings (SSSR count). The van der Waals surface area contributed by atoms with Crippen molar-refractivity contribution in [2.24, 2.45) is 23.7 Å². The topological polar surface area (TPSA) is 386 Å². The molecule has 0 bridgehead atoms. The van der Waals surface area contributed by atoms with E-state index in [1.165, 1.54) is 0 Å². The number of rotatable bonds is 40. The van der Waals surface area contributed by atoms with Gasteiger partial charge in [0.2, 0.25) is 17.7 Å². The first-order valence-electron chi connectivity index (χ1n) is 35.9. The van der Waals surface area contributed by atoms with Crippen molar-refractivity contribution < 1.29 is 92.2 Å². The van der Waals surface area contributed by atoms with Crippen LogP contribution in [0.5, 0.6) is 0 Å². The number of unbranched alkanes of at least 4 members (excludes halogenated alkanes) is 1. The Labute approximate surface area is 617 Å². The Morgan fingerprint density at radius 1 is 0.561 bits per heavy atom. The minimum absolute atomic E-state index is 0.00787. The first kappa shape index (κ1) is 78.1. The van der Waals surface area contributed by atoms with Crippen LogP contribution in [-0.2, 0) is 92.9 Å². The first-order valence-corrected chi connectivity index (χ1v) is 35.9. The number of benzene rings is 4. The highest BCUT2D eigenvalue weighted by atomic mass is 16.5. The van der Waals surface area contributed by atoms with Crippen LogP contribution in [-0.4, -0.2) is 149 Å². The number of ether oxygens (including phenoxy) is 2. The van der Waals surface area contributed by atoms with Gasteiger partial charge in [-0.25, -0.2) is 4.79 Å². The van der Waals surface area contributed by atoms with Crippen LogP contribution in [0.4, 0.5) is 0 Å². The maximum absolute atomic E-state index is 14.8. The summed E-state index contributed by atoms with van der Waals surface area (Å²) in [7, 11) is 0. The molecule has 25 nitrogen and oxygen atoms in total. The Hall–Kier alpha value is -11.5. The van der Waals surface area contributed by atoms with E-state index in [4.69, 9.17) is 9.47 Å².